The van der Waals surface area contributed by atoms with Gasteiger partial charge in [-0.1, -0.05) is 54.1 Å². The lowest BCUT2D eigenvalue weighted by molar-refractivity contribution is 0.0944. The molecule has 3 aromatic carbocycles. The molecule has 0 bridgehead atoms. The van der Waals surface area contributed by atoms with Gasteiger partial charge in [-0.05, 0) is 68.3 Å². The number of furan rings is 1. The summed E-state index contributed by atoms with van der Waals surface area (Å²) in [6, 6.07) is 28.2. The van der Waals surface area contributed by atoms with Gasteiger partial charge in [0.05, 0.1) is 12.3 Å². The van der Waals surface area contributed by atoms with Crippen LogP contribution in [0.1, 0.15) is 51.4 Å². The van der Waals surface area contributed by atoms with Gasteiger partial charge in [0.15, 0.2) is 5.76 Å². The number of carbonyl (C=O) groups is 2. The Morgan fingerprint density at radius 1 is 0.882 bits per heavy atom. The third-order valence-electron chi connectivity index (χ3n) is 6.37. The summed E-state index contributed by atoms with van der Waals surface area (Å²) in [5, 5.41) is 0. The van der Waals surface area contributed by atoms with E-state index in [2.05, 4.69) is 0 Å². The van der Waals surface area contributed by atoms with Gasteiger partial charge >= 0.3 is 0 Å². The summed E-state index contributed by atoms with van der Waals surface area (Å²) in [6.45, 7) is 4.02. The predicted molar refractivity (Wildman–Crippen MR) is 133 cm³/mol. The lowest BCUT2D eigenvalue weighted by atomic mass is 9.89. The summed E-state index contributed by atoms with van der Waals surface area (Å²) in [5.74, 6) is 0.0549. The van der Waals surface area contributed by atoms with Crippen molar-refractivity contribution in [2.24, 2.45) is 0 Å². The lowest BCUT2D eigenvalue weighted by Gasteiger charge is -2.43. The Labute approximate surface area is 199 Å². The molecule has 0 saturated heterocycles. The van der Waals surface area contributed by atoms with Gasteiger partial charge in [-0.2, -0.15) is 0 Å². The number of rotatable bonds is 4. The Morgan fingerprint density at radius 3 is 2.29 bits per heavy atom. The normalized spacial score (nSPS) is 17.2. The Morgan fingerprint density at radius 2 is 1.59 bits per heavy atom. The van der Waals surface area contributed by atoms with E-state index in [9.17, 15) is 9.59 Å². The first-order chi connectivity index (χ1) is 16.5. The summed E-state index contributed by atoms with van der Waals surface area (Å²) in [5.41, 5.74) is 4.29. The molecule has 34 heavy (non-hydrogen) atoms. The highest BCUT2D eigenvalue weighted by Gasteiger charge is 2.39. The number of fused-ring (bicyclic) bond motifs is 1. The van der Waals surface area contributed by atoms with Crippen molar-refractivity contribution in [3.05, 3.63) is 120 Å². The van der Waals surface area contributed by atoms with Crippen LogP contribution in [0, 0.1) is 6.92 Å². The van der Waals surface area contributed by atoms with E-state index in [1.54, 1.807) is 17.0 Å². The van der Waals surface area contributed by atoms with Crippen LogP contribution in [-0.2, 0) is 0 Å². The van der Waals surface area contributed by atoms with Crippen molar-refractivity contribution in [3.63, 3.8) is 0 Å². The molecule has 4 aromatic rings. The Kier molecular flexibility index (Phi) is 5.76. The number of carbonyl (C=O) groups excluding carboxylic acids is 2. The van der Waals surface area contributed by atoms with Gasteiger partial charge in [-0.3, -0.25) is 9.59 Å². The fourth-order valence-electron chi connectivity index (χ4n) is 4.72. The number of hydrogen-bond acceptors (Lipinski definition) is 3. The van der Waals surface area contributed by atoms with Crippen molar-refractivity contribution in [3.8, 4) is 0 Å². The second-order valence-electron chi connectivity index (χ2n) is 8.69. The van der Waals surface area contributed by atoms with Crippen LogP contribution < -0.4 is 9.80 Å². The summed E-state index contributed by atoms with van der Waals surface area (Å²) < 4.78 is 5.41. The number of amides is 2. The smallest absolute Gasteiger partial charge is 0.294 e. The number of benzene rings is 3. The van der Waals surface area contributed by atoms with E-state index >= 15 is 0 Å². The average molecular weight is 451 g/mol. The van der Waals surface area contributed by atoms with Crippen molar-refractivity contribution in [1.82, 2.24) is 0 Å². The Balaban J connectivity index is 1.61. The highest BCUT2D eigenvalue weighted by atomic mass is 16.3. The highest BCUT2D eigenvalue weighted by molar-refractivity contribution is 6.08. The van der Waals surface area contributed by atoms with Crippen molar-refractivity contribution in [2.75, 3.05) is 9.80 Å². The van der Waals surface area contributed by atoms with Crippen LogP contribution in [0.25, 0.3) is 0 Å². The largest absolute Gasteiger partial charge is 0.459 e. The second-order valence-corrected chi connectivity index (χ2v) is 8.69. The fraction of sp³-hybridized carbons (Fsp3) is 0.172. The summed E-state index contributed by atoms with van der Waals surface area (Å²) >= 11 is 0. The van der Waals surface area contributed by atoms with E-state index in [4.69, 9.17) is 4.42 Å². The molecule has 5 nitrogen and oxygen atoms in total. The van der Waals surface area contributed by atoms with Gasteiger partial charge in [0.2, 0.25) is 0 Å². The number of anilines is 2. The molecule has 0 fully saturated rings. The highest BCUT2D eigenvalue weighted by Crippen LogP contribution is 2.43. The molecular formula is C29H26N2O3. The van der Waals surface area contributed by atoms with Gasteiger partial charge in [-0.15, -0.1) is 0 Å². The van der Waals surface area contributed by atoms with Crippen molar-refractivity contribution in [2.45, 2.75) is 32.4 Å². The summed E-state index contributed by atoms with van der Waals surface area (Å²) in [7, 11) is 0. The zero-order valence-corrected chi connectivity index (χ0v) is 19.2. The molecule has 5 rings (SSSR count). The standard InChI is InChI=1S/C29H26N2O3/c1-20-14-16-22(17-15-20)28(32)31(23-9-4-3-5-10-23)26-19-21(2)30(25-12-7-6-11-24(25)26)29(33)27-13-8-18-34-27/h3-18,21,26H,19H2,1-2H3/t21-,26-/m0/s1. The maximum atomic E-state index is 13.9. The molecule has 2 heterocycles. The van der Waals surface area contributed by atoms with Crippen LogP contribution in [0.2, 0.25) is 0 Å². The zero-order chi connectivity index (χ0) is 23.7. The molecule has 2 amide bonds. The quantitative estimate of drug-likeness (QED) is 0.361. The fourth-order valence-corrected chi connectivity index (χ4v) is 4.72. The Hall–Kier alpha value is -4.12. The van der Waals surface area contributed by atoms with Crippen molar-refractivity contribution < 1.29 is 14.0 Å². The van der Waals surface area contributed by atoms with Crippen LogP contribution in [-0.4, -0.2) is 17.9 Å². The molecule has 170 valence electrons. The topological polar surface area (TPSA) is 53.8 Å². The molecule has 0 unspecified atom stereocenters. The minimum Gasteiger partial charge on any atom is -0.459 e. The number of para-hydroxylation sites is 2. The maximum Gasteiger partial charge on any atom is 0.294 e. The third kappa shape index (κ3) is 3.90. The van der Waals surface area contributed by atoms with Gasteiger partial charge in [0.25, 0.3) is 11.8 Å². The molecule has 1 aliphatic rings. The van der Waals surface area contributed by atoms with Crippen LogP contribution >= 0.6 is 0 Å². The van der Waals surface area contributed by atoms with Crippen LogP contribution in [0.5, 0.6) is 0 Å². The molecule has 0 N–H and O–H groups in total. The molecule has 0 spiro atoms. The maximum absolute atomic E-state index is 13.9. The van der Waals surface area contributed by atoms with E-state index in [1.165, 1.54) is 6.26 Å². The van der Waals surface area contributed by atoms with E-state index in [0.717, 1.165) is 22.5 Å². The molecule has 1 aromatic heterocycles. The first-order valence-corrected chi connectivity index (χ1v) is 11.5. The molecule has 0 saturated carbocycles. The lowest BCUT2D eigenvalue weighted by Crippen LogP contribution is -2.47. The van der Waals surface area contributed by atoms with Gasteiger partial charge in [-0.25, -0.2) is 0 Å². The van der Waals surface area contributed by atoms with Gasteiger partial charge < -0.3 is 14.2 Å². The number of nitrogens with zero attached hydrogens (tertiary/aromatic N) is 2. The first-order valence-electron chi connectivity index (χ1n) is 11.5. The SMILES string of the molecule is Cc1ccc(C(=O)N(c2ccccc2)[C@H]2C[C@H](C)N(C(=O)c3ccco3)c3ccccc32)cc1. The van der Waals surface area contributed by atoms with Crippen molar-refractivity contribution in [1.29, 1.82) is 0 Å². The van der Waals surface area contributed by atoms with E-state index in [1.807, 2.05) is 97.6 Å². The van der Waals surface area contributed by atoms with Crippen LogP contribution in [0.15, 0.2) is 102 Å². The predicted octanol–water partition coefficient (Wildman–Crippen LogP) is 6.42. The number of hydrogen-bond donors (Lipinski definition) is 0. The first kappa shape index (κ1) is 21.7. The molecule has 1 aliphatic heterocycles. The van der Waals surface area contributed by atoms with Gasteiger partial charge in [0.1, 0.15) is 0 Å². The van der Waals surface area contributed by atoms with Crippen LogP contribution in [0.4, 0.5) is 11.4 Å². The van der Waals surface area contributed by atoms with E-state index in [0.29, 0.717) is 17.7 Å². The van der Waals surface area contributed by atoms with Crippen LogP contribution in [0.3, 0.4) is 0 Å². The molecular weight excluding hydrogens is 424 g/mol. The van der Waals surface area contributed by atoms with Crippen molar-refractivity contribution >= 4 is 23.2 Å². The van der Waals surface area contributed by atoms with Gasteiger partial charge in [0, 0.05) is 23.0 Å². The summed E-state index contributed by atoms with van der Waals surface area (Å²) in [6.07, 6.45) is 2.10. The Bertz CT molecular complexity index is 1300. The molecule has 5 heteroatoms. The molecule has 2 atom stereocenters. The van der Waals surface area contributed by atoms with E-state index in [-0.39, 0.29) is 23.9 Å². The summed E-state index contributed by atoms with van der Waals surface area (Å²) in [4.78, 5) is 30.9. The second kappa shape index (κ2) is 9.02. The molecule has 0 radical (unpaired) electrons. The zero-order valence-electron chi connectivity index (χ0n) is 19.2. The minimum absolute atomic E-state index is 0.0657. The third-order valence-corrected chi connectivity index (χ3v) is 6.37. The monoisotopic (exact) mass is 450 g/mol. The molecule has 0 aliphatic carbocycles. The minimum atomic E-state index is -0.233. The van der Waals surface area contributed by atoms with E-state index < -0.39 is 0 Å². The number of aryl methyl sites for hydroxylation is 1. The average Bonchev–Trinajstić information content (AvgIpc) is 3.40.